The van der Waals surface area contributed by atoms with Crippen LogP contribution in [0.25, 0.3) is 0 Å². The fourth-order valence-electron chi connectivity index (χ4n) is 1.53. The molecular weight excluding hydrogens is 164 g/mol. The van der Waals surface area contributed by atoms with Gasteiger partial charge in [-0.25, -0.2) is 0 Å². The van der Waals surface area contributed by atoms with E-state index in [2.05, 4.69) is 10.3 Å². The molecule has 0 radical (unpaired) electrons. The van der Waals surface area contributed by atoms with E-state index < -0.39 is 0 Å². The number of amidine groups is 1. The number of aliphatic imine (C=N–C) groups is 1. The fourth-order valence-corrected chi connectivity index (χ4v) is 1.53. The number of aliphatic hydroxyl groups is 1. The maximum atomic E-state index is 9.54. The summed E-state index contributed by atoms with van der Waals surface area (Å²) in [7, 11) is 0. The molecule has 0 aromatic rings. The van der Waals surface area contributed by atoms with Gasteiger partial charge in [0.1, 0.15) is 0 Å². The molecule has 0 aromatic heterocycles. The summed E-state index contributed by atoms with van der Waals surface area (Å²) >= 11 is 0. The maximum Gasteiger partial charge on any atom is 0.0965 e. The summed E-state index contributed by atoms with van der Waals surface area (Å²) < 4.78 is 0. The Balaban J connectivity index is 2.34. The molecule has 0 spiro atoms. The molecule has 2 N–H and O–H groups in total. The minimum absolute atomic E-state index is 0.127. The van der Waals surface area contributed by atoms with Crippen molar-refractivity contribution in [1.29, 1.82) is 0 Å². The van der Waals surface area contributed by atoms with Crippen LogP contribution in [0.1, 0.15) is 39.5 Å². The monoisotopic (exact) mass is 184 g/mol. The zero-order valence-corrected chi connectivity index (χ0v) is 8.58. The standard InChI is InChI=1S/C10H20N2O/c1-3-9(13)8(2)12-10-6-4-5-7-11-10/h8-9,13H,3-7H2,1-2H3,(H,11,12). The predicted molar refractivity (Wildman–Crippen MR) is 55.0 cm³/mol. The number of hydrogen-bond donors (Lipinski definition) is 2. The third kappa shape index (κ3) is 3.35. The van der Waals surface area contributed by atoms with Gasteiger partial charge in [-0.3, -0.25) is 4.99 Å². The lowest BCUT2D eigenvalue weighted by Gasteiger charge is -2.22. The van der Waals surface area contributed by atoms with Gasteiger partial charge < -0.3 is 10.4 Å². The van der Waals surface area contributed by atoms with Gasteiger partial charge in [0.2, 0.25) is 0 Å². The quantitative estimate of drug-likeness (QED) is 0.694. The van der Waals surface area contributed by atoms with Gasteiger partial charge in [0.25, 0.3) is 0 Å². The Kier molecular flexibility index (Phi) is 4.22. The van der Waals surface area contributed by atoms with Crippen molar-refractivity contribution in [3.05, 3.63) is 0 Å². The molecule has 1 rings (SSSR count). The Morgan fingerprint density at radius 2 is 2.31 bits per heavy atom. The molecule has 0 fully saturated rings. The number of nitrogens with zero attached hydrogens (tertiary/aromatic N) is 1. The van der Waals surface area contributed by atoms with Crippen molar-refractivity contribution < 1.29 is 5.11 Å². The first-order valence-corrected chi connectivity index (χ1v) is 5.22. The topological polar surface area (TPSA) is 44.6 Å². The van der Waals surface area contributed by atoms with E-state index in [0.29, 0.717) is 0 Å². The fraction of sp³-hybridized carbons (Fsp3) is 0.900. The van der Waals surface area contributed by atoms with Gasteiger partial charge in [0.05, 0.1) is 18.0 Å². The van der Waals surface area contributed by atoms with Crippen molar-refractivity contribution in [1.82, 2.24) is 5.32 Å². The first-order valence-electron chi connectivity index (χ1n) is 5.22. The average molecular weight is 184 g/mol. The highest BCUT2D eigenvalue weighted by Gasteiger charge is 2.14. The Hall–Kier alpha value is -0.570. The van der Waals surface area contributed by atoms with E-state index in [0.717, 1.165) is 25.2 Å². The molecular formula is C10H20N2O. The highest BCUT2D eigenvalue weighted by Crippen LogP contribution is 2.06. The molecule has 2 unspecified atom stereocenters. The van der Waals surface area contributed by atoms with Crippen LogP contribution in [0.3, 0.4) is 0 Å². The van der Waals surface area contributed by atoms with Crippen LogP contribution in [-0.4, -0.2) is 29.6 Å². The van der Waals surface area contributed by atoms with Gasteiger partial charge in [-0.15, -0.1) is 0 Å². The van der Waals surface area contributed by atoms with Crippen molar-refractivity contribution >= 4 is 5.84 Å². The Labute approximate surface area is 80.3 Å². The number of rotatable bonds is 3. The first-order chi connectivity index (χ1) is 6.24. The second-order valence-electron chi connectivity index (χ2n) is 3.69. The van der Waals surface area contributed by atoms with Crippen LogP contribution >= 0.6 is 0 Å². The smallest absolute Gasteiger partial charge is 0.0965 e. The number of aliphatic hydroxyl groups excluding tert-OH is 1. The minimum atomic E-state index is -0.260. The lowest BCUT2D eigenvalue weighted by molar-refractivity contribution is 0.138. The summed E-state index contributed by atoms with van der Waals surface area (Å²) in [5.41, 5.74) is 0. The van der Waals surface area contributed by atoms with E-state index in [-0.39, 0.29) is 12.1 Å². The van der Waals surface area contributed by atoms with Crippen LogP contribution in [0.5, 0.6) is 0 Å². The summed E-state index contributed by atoms with van der Waals surface area (Å²) in [5, 5.41) is 12.8. The van der Waals surface area contributed by atoms with Crippen molar-refractivity contribution in [3.63, 3.8) is 0 Å². The molecule has 0 aliphatic carbocycles. The minimum Gasteiger partial charge on any atom is -0.391 e. The lowest BCUT2D eigenvalue weighted by atomic mass is 10.1. The van der Waals surface area contributed by atoms with E-state index in [1.54, 1.807) is 0 Å². The van der Waals surface area contributed by atoms with Crippen LogP contribution in [0.4, 0.5) is 0 Å². The summed E-state index contributed by atoms with van der Waals surface area (Å²) in [6, 6.07) is 0.127. The van der Waals surface area contributed by atoms with E-state index in [4.69, 9.17) is 0 Å². The third-order valence-corrected chi connectivity index (χ3v) is 2.51. The van der Waals surface area contributed by atoms with Gasteiger partial charge >= 0.3 is 0 Å². The van der Waals surface area contributed by atoms with Crippen molar-refractivity contribution in [2.24, 2.45) is 4.99 Å². The van der Waals surface area contributed by atoms with Crippen LogP contribution in [0, 0.1) is 0 Å². The Bertz CT molecular complexity index is 180. The molecule has 3 nitrogen and oxygen atoms in total. The Morgan fingerprint density at radius 1 is 1.54 bits per heavy atom. The van der Waals surface area contributed by atoms with Crippen LogP contribution in [0.2, 0.25) is 0 Å². The molecule has 3 heteroatoms. The van der Waals surface area contributed by atoms with Gasteiger partial charge in [0.15, 0.2) is 0 Å². The van der Waals surface area contributed by atoms with E-state index in [1.807, 2.05) is 13.8 Å². The molecule has 0 aromatic carbocycles. The van der Waals surface area contributed by atoms with Gasteiger partial charge in [-0.2, -0.15) is 0 Å². The summed E-state index contributed by atoms with van der Waals surface area (Å²) in [6.45, 7) is 4.94. The van der Waals surface area contributed by atoms with Gasteiger partial charge in [-0.1, -0.05) is 6.92 Å². The zero-order chi connectivity index (χ0) is 9.68. The molecule has 1 aliphatic rings. The molecule has 0 saturated heterocycles. The summed E-state index contributed by atoms with van der Waals surface area (Å²) in [5.74, 6) is 1.08. The van der Waals surface area contributed by atoms with E-state index in [9.17, 15) is 5.11 Å². The number of nitrogens with one attached hydrogen (secondary N) is 1. The van der Waals surface area contributed by atoms with Crippen LogP contribution in [-0.2, 0) is 0 Å². The molecule has 0 bridgehead atoms. The van der Waals surface area contributed by atoms with Crippen LogP contribution < -0.4 is 5.32 Å². The largest absolute Gasteiger partial charge is 0.391 e. The highest BCUT2D eigenvalue weighted by atomic mass is 16.3. The second-order valence-corrected chi connectivity index (χ2v) is 3.69. The third-order valence-electron chi connectivity index (χ3n) is 2.51. The zero-order valence-electron chi connectivity index (χ0n) is 8.58. The van der Waals surface area contributed by atoms with Crippen molar-refractivity contribution in [2.45, 2.75) is 51.7 Å². The lowest BCUT2D eigenvalue weighted by Crippen LogP contribution is -2.41. The average Bonchev–Trinajstić information content (AvgIpc) is 2.18. The van der Waals surface area contributed by atoms with Crippen LogP contribution in [0.15, 0.2) is 4.99 Å². The second kappa shape index (κ2) is 5.22. The SMILES string of the molecule is CCC(O)C(C)NC1=NCCCC1. The van der Waals surface area contributed by atoms with E-state index in [1.165, 1.54) is 12.8 Å². The normalized spacial score (nSPS) is 21.9. The molecule has 0 amide bonds. The van der Waals surface area contributed by atoms with Gasteiger partial charge in [0, 0.05) is 13.0 Å². The molecule has 0 saturated carbocycles. The Morgan fingerprint density at radius 3 is 2.85 bits per heavy atom. The molecule has 76 valence electrons. The van der Waals surface area contributed by atoms with E-state index >= 15 is 0 Å². The highest BCUT2D eigenvalue weighted by molar-refractivity contribution is 5.82. The maximum absolute atomic E-state index is 9.54. The van der Waals surface area contributed by atoms with Crippen molar-refractivity contribution in [2.75, 3.05) is 6.54 Å². The molecule has 1 heterocycles. The summed E-state index contributed by atoms with van der Waals surface area (Å²) in [4.78, 5) is 4.38. The first kappa shape index (κ1) is 10.5. The molecule has 2 atom stereocenters. The predicted octanol–water partition coefficient (Wildman–Crippen LogP) is 1.32. The molecule has 1 aliphatic heterocycles. The number of hydrogen-bond acceptors (Lipinski definition) is 3. The summed E-state index contributed by atoms with van der Waals surface area (Å²) in [6.07, 6.45) is 4.00. The van der Waals surface area contributed by atoms with Gasteiger partial charge in [-0.05, 0) is 26.2 Å². The molecule has 13 heavy (non-hydrogen) atoms. The van der Waals surface area contributed by atoms with Crippen molar-refractivity contribution in [3.8, 4) is 0 Å².